The van der Waals surface area contributed by atoms with Crippen molar-refractivity contribution in [1.29, 1.82) is 0 Å². The van der Waals surface area contributed by atoms with Crippen LogP contribution in [-0.2, 0) is 13.0 Å². The van der Waals surface area contributed by atoms with Crippen molar-refractivity contribution >= 4 is 21.7 Å². The van der Waals surface area contributed by atoms with Gasteiger partial charge in [-0.3, -0.25) is 4.79 Å². The summed E-state index contributed by atoms with van der Waals surface area (Å²) in [6.07, 6.45) is 4.66. The maximum Gasteiger partial charge on any atom is 0.164 e. The molecule has 1 aromatic heterocycles. The first-order valence-corrected chi connectivity index (χ1v) is 5.52. The van der Waals surface area contributed by atoms with Crippen LogP contribution in [-0.4, -0.2) is 10.4 Å². The average Bonchev–Trinajstić information content (AvgIpc) is 2.49. The number of aromatic nitrogens is 1. The van der Waals surface area contributed by atoms with Crippen molar-refractivity contribution in [2.24, 2.45) is 0 Å². The lowest BCUT2D eigenvalue weighted by Gasteiger charge is -2.14. The van der Waals surface area contributed by atoms with E-state index in [1.54, 1.807) is 0 Å². The molecule has 2 nitrogen and oxygen atoms in total. The predicted octanol–water partition coefficient (Wildman–Crippen LogP) is 2.92. The third-order valence-corrected chi connectivity index (χ3v) is 2.79. The fourth-order valence-electron chi connectivity index (χ4n) is 1.92. The number of allylic oxidation sites excluding steroid dienone is 1. The number of hydrogen-bond acceptors (Lipinski definition) is 1. The second-order valence-electron chi connectivity index (χ2n) is 3.60. The lowest BCUT2D eigenvalue weighted by atomic mass is 9.97. The summed E-state index contributed by atoms with van der Waals surface area (Å²) in [5.41, 5.74) is 2.08. The quantitative estimate of drug-likeness (QED) is 0.795. The molecule has 0 fully saturated rings. The Morgan fingerprint density at radius 2 is 2.36 bits per heavy atom. The van der Waals surface area contributed by atoms with Crippen molar-refractivity contribution in [3.8, 4) is 0 Å². The van der Waals surface area contributed by atoms with Crippen LogP contribution in [0.5, 0.6) is 0 Å². The zero-order valence-corrected chi connectivity index (χ0v) is 9.51. The van der Waals surface area contributed by atoms with Crippen molar-refractivity contribution < 1.29 is 4.79 Å². The van der Waals surface area contributed by atoms with Crippen LogP contribution in [0.3, 0.4) is 0 Å². The number of halogens is 1. The van der Waals surface area contributed by atoms with Crippen LogP contribution in [0.25, 0.3) is 0 Å². The minimum absolute atomic E-state index is 0.283. The van der Waals surface area contributed by atoms with Gasteiger partial charge in [0.2, 0.25) is 0 Å². The van der Waals surface area contributed by atoms with Gasteiger partial charge >= 0.3 is 0 Å². The van der Waals surface area contributed by atoms with Gasteiger partial charge in [-0.1, -0.05) is 22.5 Å². The van der Waals surface area contributed by atoms with Gasteiger partial charge in [0, 0.05) is 28.4 Å². The van der Waals surface area contributed by atoms with E-state index >= 15 is 0 Å². The zero-order chi connectivity index (χ0) is 10.1. The summed E-state index contributed by atoms with van der Waals surface area (Å²) in [6.45, 7) is 4.56. The number of fused-ring (bicyclic) bond motifs is 1. The van der Waals surface area contributed by atoms with E-state index in [4.69, 9.17) is 0 Å². The lowest BCUT2D eigenvalue weighted by molar-refractivity contribution is 0.0972. The van der Waals surface area contributed by atoms with Crippen molar-refractivity contribution in [2.45, 2.75) is 25.8 Å². The normalized spacial score (nSPS) is 15.4. The van der Waals surface area contributed by atoms with Gasteiger partial charge in [0.05, 0.1) is 6.54 Å². The molecular formula is C11H12BrNO. The summed E-state index contributed by atoms with van der Waals surface area (Å²) >= 11 is 3.34. The second kappa shape index (κ2) is 3.73. The fraction of sp³-hybridized carbons (Fsp3) is 0.364. The Labute approximate surface area is 91.7 Å². The van der Waals surface area contributed by atoms with Crippen molar-refractivity contribution in [2.75, 3.05) is 0 Å². The van der Waals surface area contributed by atoms with Gasteiger partial charge in [-0.05, 0) is 18.9 Å². The Balaban J connectivity index is 2.35. The summed E-state index contributed by atoms with van der Waals surface area (Å²) in [4.78, 5) is 11.5. The highest BCUT2D eigenvalue weighted by Crippen LogP contribution is 2.23. The predicted molar refractivity (Wildman–Crippen MR) is 59.8 cm³/mol. The Hall–Kier alpha value is -0.830. The van der Waals surface area contributed by atoms with Gasteiger partial charge in [-0.15, -0.1) is 0 Å². The summed E-state index contributed by atoms with van der Waals surface area (Å²) in [7, 11) is 0. The summed E-state index contributed by atoms with van der Waals surface area (Å²) < 4.78 is 3.04. The van der Waals surface area contributed by atoms with E-state index in [1.165, 1.54) is 5.69 Å². The summed E-state index contributed by atoms with van der Waals surface area (Å²) in [5, 5.41) is 0. The molecular weight excluding hydrogens is 242 g/mol. The van der Waals surface area contributed by atoms with E-state index in [9.17, 15) is 4.79 Å². The van der Waals surface area contributed by atoms with Crippen LogP contribution >= 0.6 is 15.9 Å². The van der Waals surface area contributed by atoms with Gasteiger partial charge in [0.15, 0.2) is 5.78 Å². The van der Waals surface area contributed by atoms with Crippen LogP contribution in [0.2, 0.25) is 0 Å². The molecule has 0 amide bonds. The number of carbonyl (C=O) groups excluding carboxylic acids is 1. The van der Waals surface area contributed by atoms with E-state index in [0.717, 1.165) is 29.4 Å². The maximum atomic E-state index is 11.5. The lowest BCUT2D eigenvalue weighted by Crippen LogP contribution is -2.13. The molecule has 2 rings (SSSR count). The molecule has 1 aromatic rings. The van der Waals surface area contributed by atoms with Crippen LogP contribution in [0.1, 0.15) is 28.9 Å². The first-order chi connectivity index (χ1) is 6.68. The molecule has 0 saturated heterocycles. The molecule has 0 unspecified atom stereocenters. The largest absolute Gasteiger partial charge is 0.346 e. The first kappa shape index (κ1) is 9.71. The Kier molecular flexibility index (Phi) is 2.59. The zero-order valence-electron chi connectivity index (χ0n) is 7.92. The molecule has 0 N–H and O–H groups in total. The molecule has 0 aromatic carbocycles. The van der Waals surface area contributed by atoms with Crippen LogP contribution < -0.4 is 0 Å². The third-order valence-electron chi connectivity index (χ3n) is 2.54. The summed E-state index contributed by atoms with van der Waals surface area (Å²) in [6, 6.07) is 1.92. The number of rotatable bonds is 2. The molecule has 0 spiro atoms. The summed E-state index contributed by atoms with van der Waals surface area (Å²) in [5.74, 6) is 0.283. The number of ketones is 1. The van der Waals surface area contributed by atoms with Crippen molar-refractivity contribution in [3.05, 3.63) is 34.6 Å². The molecule has 14 heavy (non-hydrogen) atoms. The van der Waals surface area contributed by atoms with Gasteiger partial charge in [0.25, 0.3) is 0 Å². The molecule has 0 aliphatic heterocycles. The van der Waals surface area contributed by atoms with E-state index in [2.05, 4.69) is 27.1 Å². The Morgan fingerprint density at radius 3 is 3.07 bits per heavy atom. The van der Waals surface area contributed by atoms with Gasteiger partial charge in [0.1, 0.15) is 0 Å². The first-order valence-electron chi connectivity index (χ1n) is 4.73. The standard InChI is InChI=1S/C11H12BrNO/c1-8(12)7-13-6-5-9-10(13)3-2-4-11(9)14/h5-6H,1-4,7H2. The molecule has 1 heterocycles. The number of carbonyl (C=O) groups is 1. The smallest absolute Gasteiger partial charge is 0.164 e. The van der Waals surface area contributed by atoms with Crippen LogP contribution in [0, 0.1) is 0 Å². The maximum absolute atomic E-state index is 11.5. The molecule has 0 radical (unpaired) electrons. The molecule has 0 bridgehead atoms. The molecule has 1 aliphatic rings. The minimum atomic E-state index is 0.283. The van der Waals surface area contributed by atoms with E-state index in [0.29, 0.717) is 6.42 Å². The topological polar surface area (TPSA) is 22.0 Å². The van der Waals surface area contributed by atoms with Gasteiger partial charge < -0.3 is 4.57 Å². The Bertz CT molecular complexity index is 392. The number of hydrogen-bond donors (Lipinski definition) is 0. The molecule has 0 saturated carbocycles. The molecule has 74 valence electrons. The monoisotopic (exact) mass is 253 g/mol. The fourth-order valence-corrected chi connectivity index (χ4v) is 2.19. The van der Waals surface area contributed by atoms with Gasteiger partial charge in [-0.2, -0.15) is 0 Å². The third kappa shape index (κ3) is 1.69. The number of Topliss-reactive ketones (excluding diaryl/α,β-unsaturated/α-hetero) is 1. The highest BCUT2D eigenvalue weighted by molar-refractivity contribution is 9.11. The molecule has 0 atom stereocenters. The SMILES string of the molecule is C=C(Br)Cn1ccc2c1CCCC2=O. The van der Waals surface area contributed by atoms with Gasteiger partial charge in [-0.25, -0.2) is 0 Å². The molecule has 3 heteroatoms. The highest BCUT2D eigenvalue weighted by Gasteiger charge is 2.20. The van der Waals surface area contributed by atoms with Crippen molar-refractivity contribution in [1.82, 2.24) is 4.57 Å². The average molecular weight is 254 g/mol. The van der Waals surface area contributed by atoms with E-state index < -0.39 is 0 Å². The van der Waals surface area contributed by atoms with Crippen LogP contribution in [0.15, 0.2) is 23.3 Å². The van der Waals surface area contributed by atoms with E-state index in [-0.39, 0.29) is 5.78 Å². The van der Waals surface area contributed by atoms with Crippen molar-refractivity contribution in [3.63, 3.8) is 0 Å². The van der Waals surface area contributed by atoms with Crippen LogP contribution in [0.4, 0.5) is 0 Å². The number of nitrogens with zero attached hydrogens (tertiary/aromatic N) is 1. The van der Waals surface area contributed by atoms with E-state index in [1.807, 2.05) is 12.3 Å². The molecule has 1 aliphatic carbocycles. The Morgan fingerprint density at radius 1 is 1.57 bits per heavy atom. The minimum Gasteiger partial charge on any atom is -0.346 e. The highest BCUT2D eigenvalue weighted by atomic mass is 79.9. The second-order valence-corrected chi connectivity index (χ2v) is 4.72.